The number of nitrogen functional groups attached to an aromatic ring is 1. The Morgan fingerprint density at radius 1 is 1.03 bits per heavy atom. The van der Waals surface area contributed by atoms with Gasteiger partial charge in [-0.2, -0.15) is 4.98 Å². The van der Waals surface area contributed by atoms with Crippen molar-refractivity contribution in [2.75, 3.05) is 51.0 Å². The summed E-state index contributed by atoms with van der Waals surface area (Å²) in [5.74, 6) is 2.50. The highest BCUT2D eigenvalue weighted by atomic mass is 35.5. The quantitative estimate of drug-likeness (QED) is 0.572. The van der Waals surface area contributed by atoms with Crippen molar-refractivity contribution in [1.29, 1.82) is 0 Å². The van der Waals surface area contributed by atoms with Crippen molar-refractivity contribution >= 4 is 40.2 Å². The summed E-state index contributed by atoms with van der Waals surface area (Å²) in [6.45, 7) is 6.85. The number of fused-ring (bicyclic) bond motifs is 1. The van der Waals surface area contributed by atoms with Crippen LogP contribution in [0.2, 0.25) is 5.02 Å². The third-order valence-electron chi connectivity index (χ3n) is 7.42. The highest BCUT2D eigenvalue weighted by Crippen LogP contribution is 2.65. The highest BCUT2D eigenvalue weighted by molar-refractivity contribution is 6.30. The lowest BCUT2D eigenvalue weighted by Gasteiger charge is -2.35. The van der Waals surface area contributed by atoms with Gasteiger partial charge in [0.05, 0.1) is 25.7 Å². The molecule has 2 aliphatic rings. The summed E-state index contributed by atoms with van der Waals surface area (Å²) in [7, 11) is 3.17. The molecule has 2 heterocycles. The van der Waals surface area contributed by atoms with Gasteiger partial charge in [0.2, 0.25) is 11.9 Å². The van der Waals surface area contributed by atoms with Gasteiger partial charge >= 0.3 is 0 Å². The summed E-state index contributed by atoms with van der Waals surface area (Å²) in [6.07, 6.45) is 0. The van der Waals surface area contributed by atoms with Crippen LogP contribution >= 0.6 is 11.6 Å². The molecular formula is C26H30ClN5O3. The first-order chi connectivity index (χ1) is 16.7. The van der Waals surface area contributed by atoms with Crippen LogP contribution in [0.25, 0.3) is 10.9 Å². The molecule has 184 valence electrons. The van der Waals surface area contributed by atoms with Gasteiger partial charge in [0.1, 0.15) is 5.82 Å². The maximum Gasteiger partial charge on any atom is 0.228 e. The Kier molecular flexibility index (Phi) is 5.87. The summed E-state index contributed by atoms with van der Waals surface area (Å²) >= 11 is 6.05. The number of methoxy groups -OCH3 is 2. The van der Waals surface area contributed by atoms with E-state index in [-0.39, 0.29) is 23.2 Å². The van der Waals surface area contributed by atoms with E-state index in [1.165, 1.54) is 5.56 Å². The second-order valence-electron chi connectivity index (χ2n) is 9.77. The third kappa shape index (κ3) is 4.10. The number of carbonyl (C=O) groups excluding carboxylic acids is 1. The van der Waals surface area contributed by atoms with E-state index in [1.54, 1.807) is 20.3 Å². The predicted molar refractivity (Wildman–Crippen MR) is 137 cm³/mol. The van der Waals surface area contributed by atoms with Crippen molar-refractivity contribution in [1.82, 2.24) is 14.9 Å². The number of hydrogen-bond acceptors (Lipinski definition) is 7. The minimum Gasteiger partial charge on any atom is -0.493 e. The van der Waals surface area contributed by atoms with Crippen LogP contribution in [-0.4, -0.2) is 61.2 Å². The van der Waals surface area contributed by atoms with Crippen LogP contribution in [0.15, 0.2) is 36.4 Å². The van der Waals surface area contributed by atoms with E-state index in [9.17, 15) is 4.79 Å². The minimum absolute atomic E-state index is 0.0229. The first kappa shape index (κ1) is 23.5. The molecule has 5 rings (SSSR count). The zero-order valence-electron chi connectivity index (χ0n) is 20.4. The van der Waals surface area contributed by atoms with Gasteiger partial charge in [-0.3, -0.25) is 4.79 Å². The average Bonchev–Trinajstić information content (AvgIpc) is 3.44. The Balaban J connectivity index is 1.29. The molecular weight excluding hydrogens is 466 g/mol. The van der Waals surface area contributed by atoms with E-state index in [1.807, 2.05) is 35.2 Å². The first-order valence-corrected chi connectivity index (χ1v) is 12.1. The van der Waals surface area contributed by atoms with Gasteiger partial charge in [0.25, 0.3) is 0 Å². The molecule has 9 heteroatoms. The lowest BCUT2D eigenvalue weighted by atomic mass is 10.0. The minimum atomic E-state index is -0.0714. The fourth-order valence-corrected chi connectivity index (χ4v) is 5.45. The number of hydrogen-bond donors (Lipinski definition) is 1. The summed E-state index contributed by atoms with van der Waals surface area (Å²) in [4.78, 5) is 26.7. The van der Waals surface area contributed by atoms with Crippen LogP contribution in [0, 0.1) is 11.3 Å². The van der Waals surface area contributed by atoms with Crippen LogP contribution in [0.3, 0.4) is 0 Å². The van der Waals surface area contributed by atoms with E-state index < -0.39 is 0 Å². The number of aromatic nitrogens is 2. The van der Waals surface area contributed by atoms with Gasteiger partial charge in [-0.25, -0.2) is 4.98 Å². The van der Waals surface area contributed by atoms with Crippen LogP contribution in [0.5, 0.6) is 11.5 Å². The maximum atomic E-state index is 13.4. The van der Waals surface area contributed by atoms with Gasteiger partial charge in [-0.1, -0.05) is 37.6 Å². The number of benzene rings is 2. The third-order valence-corrected chi connectivity index (χ3v) is 7.67. The molecule has 35 heavy (non-hydrogen) atoms. The number of carbonyl (C=O) groups is 1. The summed E-state index contributed by atoms with van der Waals surface area (Å²) in [5.41, 5.74) is 8.05. The molecule has 3 aromatic rings. The predicted octanol–water partition coefficient (Wildman–Crippen LogP) is 3.97. The van der Waals surface area contributed by atoms with E-state index in [2.05, 4.69) is 23.7 Å². The van der Waals surface area contributed by atoms with Crippen molar-refractivity contribution in [3.05, 3.63) is 47.0 Å². The summed E-state index contributed by atoms with van der Waals surface area (Å²) in [6, 6.07) is 11.5. The van der Waals surface area contributed by atoms with Crippen molar-refractivity contribution in [3.8, 4) is 11.5 Å². The standard InChI is InChI=1S/C26H30ClN5O3/c1-26(2)21(15-5-7-16(27)8-6-15)22(26)24(33)31-9-11-32(12-10-31)25-29-18-14-20(35-4)19(34-3)13-17(18)23(28)30-25/h5-8,13-14,21-22H,9-12H2,1-4H3,(H2,28,29,30). The molecule has 0 bridgehead atoms. The fraction of sp³-hybridized carbons (Fsp3) is 0.423. The SMILES string of the molecule is COc1cc2nc(N3CCN(C(=O)C4C(c5ccc(Cl)cc5)C4(C)C)CC3)nc(N)c2cc1OC. The smallest absolute Gasteiger partial charge is 0.228 e. The lowest BCUT2D eigenvalue weighted by Crippen LogP contribution is -2.50. The van der Waals surface area contributed by atoms with Crippen molar-refractivity contribution < 1.29 is 14.3 Å². The molecule has 2 N–H and O–H groups in total. The van der Waals surface area contributed by atoms with Gasteiger partial charge in [-0.15, -0.1) is 0 Å². The first-order valence-electron chi connectivity index (χ1n) is 11.7. The second-order valence-corrected chi connectivity index (χ2v) is 10.2. The Morgan fingerprint density at radius 2 is 1.66 bits per heavy atom. The summed E-state index contributed by atoms with van der Waals surface area (Å²) in [5, 5.41) is 1.42. The topological polar surface area (TPSA) is 93.8 Å². The number of ether oxygens (including phenoxy) is 2. The molecule has 1 saturated heterocycles. The van der Waals surface area contributed by atoms with E-state index in [0.717, 1.165) is 0 Å². The Hall–Kier alpha value is -3.26. The molecule has 2 atom stereocenters. The molecule has 1 amide bonds. The van der Waals surface area contributed by atoms with Crippen LogP contribution in [0.1, 0.15) is 25.3 Å². The molecule has 8 nitrogen and oxygen atoms in total. The normalized spacial score (nSPS) is 21.2. The molecule has 1 aliphatic carbocycles. The summed E-state index contributed by atoms with van der Waals surface area (Å²) < 4.78 is 10.8. The zero-order chi connectivity index (χ0) is 24.9. The Labute approximate surface area is 210 Å². The van der Waals surface area contributed by atoms with E-state index in [0.29, 0.717) is 65.4 Å². The van der Waals surface area contributed by atoms with Crippen molar-refractivity contribution in [2.45, 2.75) is 19.8 Å². The second kappa shape index (κ2) is 8.75. The number of piperazine rings is 1. The fourth-order valence-electron chi connectivity index (χ4n) is 5.32. The molecule has 1 saturated carbocycles. The molecule has 1 aliphatic heterocycles. The van der Waals surface area contributed by atoms with Gasteiger partial charge in [-0.05, 0) is 29.2 Å². The average molecular weight is 496 g/mol. The Morgan fingerprint density at radius 3 is 2.29 bits per heavy atom. The molecule has 0 radical (unpaired) electrons. The van der Waals surface area contributed by atoms with Gasteiger partial charge in [0.15, 0.2) is 11.5 Å². The van der Waals surface area contributed by atoms with E-state index in [4.69, 9.17) is 31.8 Å². The molecule has 2 fully saturated rings. The van der Waals surface area contributed by atoms with Crippen molar-refractivity contribution in [2.24, 2.45) is 11.3 Å². The zero-order valence-corrected chi connectivity index (χ0v) is 21.2. The largest absolute Gasteiger partial charge is 0.493 e. The van der Waals surface area contributed by atoms with Crippen LogP contribution < -0.4 is 20.1 Å². The van der Waals surface area contributed by atoms with Gasteiger partial charge in [0, 0.05) is 48.6 Å². The lowest BCUT2D eigenvalue weighted by molar-refractivity contribution is -0.133. The maximum absolute atomic E-state index is 13.4. The van der Waals surface area contributed by atoms with Crippen molar-refractivity contribution in [3.63, 3.8) is 0 Å². The van der Waals surface area contributed by atoms with Gasteiger partial charge < -0.3 is 25.0 Å². The van der Waals surface area contributed by atoms with Crippen LogP contribution in [0.4, 0.5) is 11.8 Å². The Bertz CT molecular complexity index is 1270. The monoisotopic (exact) mass is 495 g/mol. The number of amides is 1. The number of nitrogens with two attached hydrogens (primary N) is 1. The molecule has 2 unspecified atom stereocenters. The molecule has 2 aromatic carbocycles. The van der Waals surface area contributed by atoms with E-state index >= 15 is 0 Å². The number of nitrogens with zero attached hydrogens (tertiary/aromatic N) is 4. The number of halogens is 1. The number of rotatable bonds is 5. The number of anilines is 2. The van der Waals surface area contributed by atoms with Crippen LogP contribution in [-0.2, 0) is 4.79 Å². The molecule has 1 aromatic heterocycles. The molecule has 0 spiro atoms. The highest BCUT2D eigenvalue weighted by Gasteiger charge is 2.63.